The van der Waals surface area contributed by atoms with Crippen LogP contribution in [0.2, 0.25) is 5.02 Å². The second-order valence-electron chi connectivity index (χ2n) is 4.34. The molecule has 0 saturated heterocycles. The van der Waals surface area contributed by atoms with Gasteiger partial charge in [0.2, 0.25) is 0 Å². The monoisotopic (exact) mass is 318 g/mol. The van der Waals surface area contributed by atoms with Gasteiger partial charge in [-0.15, -0.1) is 0 Å². The smallest absolute Gasteiger partial charge is 0.0484 e. The number of hydrogen-bond donors (Lipinski definition) is 1. The molecule has 0 aliphatic heterocycles. The van der Waals surface area contributed by atoms with Gasteiger partial charge in [-0.3, -0.25) is 4.90 Å². The molecule has 2 N–H and O–H groups in total. The Morgan fingerprint density at radius 1 is 1.47 bits per heavy atom. The number of nitrogens with two attached hydrogens (primary N) is 1. The van der Waals surface area contributed by atoms with E-state index in [1.165, 1.54) is 0 Å². The Morgan fingerprint density at radius 3 is 2.59 bits per heavy atom. The van der Waals surface area contributed by atoms with Crippen LogP contribution in [0.3, 0.4) is 0 Å². The van der Waals surface area contributed by atoms with Crippen molar-refractivity contribution in [3.63, 3.8) is 0 Å². The van der Waals surface area contributed by atoms with Gasteiger partial charge in [-0.1, -0.05) is 40.5 Å². The second-order valence-corrected chi connectivity index (χ2v) is 5.66. The third-order valence-corrected chi connectivity index (χ3v) is 4.14. The fraction of sp³-hybridized carbons (Fsp3) is 0.538. The zero-order chi connectivity index (χ0) is 13.0. The van der Waals surface area contributed by atoms with Crippen molar-refractivity contribution in [3.05, 3.63) is 33.3 Å². The third kappa shape index (κ3) is 3.68. The maximum Gasteiger partial charge on any atom is 0.0484 e. The lowest BCUT2D eigenvalue weighted by molar-refractivity contribution is 0.185. The van der Waals surface area contributed by atoms with Crippen LogP contribution in [0.15, 0.2) is 22.7 Å². The normalized spacial score (nSPS) is 15.0. The molecular weight excluding hydrogens is 300 g/mol. The van der Waals surface area contributed by atoms with Crippen molar-refractivity contribution in [2.24, 2.45) is 5.73 Å². The van der Waals surface area contributed by atoms with Gasteiger partial charge >= 0.3 is 0 Å². The number of hydrogen-bond acceptors (Lipinski definition) is 2. The molecule has 0 spiro atoms. The van der Waals surface area contributed by atoms with Crippen molar-refractivity contribution >= 4 is 27.5 Å². The Morgan fingerprint density at radius 2 is 2.12 bits per heavy atom. The van der Waals surface area contributed by atoms with Gasteiger partial charge < -0.3 is 5.73 Å². The molecule has 0 amide bonds. The highest BCUT2D eigenvalue weighted by molar-refractivity contribution is 9.10. The van der Waals surface area contributed by atoms with Gasteiger partial charge in [0.05, 0.1) is 0 Å². The summed E-state index contributed by atoms with van der Waals surface area (Å²) in [6.07, 6.45) is 1.10. The minimum Gasteiger partial charge on any atom is -0.329 e. The lowest BCUT2D eigenvalue weighted by atomic mass is 10.0. The standard InChI is InChI=1S/C13H20BrClN2/c1-4-9(2)17(3)13(8-16)11-6-5-10(14)7-12(11)15/h5-7,9,13H,4,8,16H2,1-3H3. The Labute approximate surface area is 117 Å². The molecular formula is C13H20BrClN2. The van der Waals surface area contributed by atoms with E-state index in [0.29, 0.717) is 12.6 Å². The highest BCUT2D eigenvalue weighted by Gasteiger charge is 2.21. The first kappa shape index (κ1) is 15.0. The summed E-state index contributed by atoms with van der Waals surface area (Å²) < 4.78 is 0.994. The summed E-state index contributed by atoms with van der Waals surface area (Å²) in [6.45, 7) is 4.95. The molecule has 2 atom stereocenters. The highest BCUT2D eigenvalue weighted by Crippen LogP contribution is 2.30. The van der Waals surface area contributed by atoms with E-state index >= 15 is 0 Å². The van der Waals surface area contributed by atoms with E-state index in [1.807, 2.05) is 18.2 Å². The molecule has 17 heavy (non-hydrogen) atoms. The molecule has 1 rings (SSSR count). The number of likely N-dealkylation sites (N-methyl/N-ethyl adjacent to an activating group) is 1. The largest absolute Gasteiger partial charge is 0.329 e. The summed E-state index contributed by atoms with van der Waals surface area (Å²) in [6, 6.07) is 6.63. The first-order valence-electron chi connectivity index (χ1n) is 5.88. The minimum absolute atomic E-state index is 0.172. The zero-order valence-electron chi connectivity index (χ0n) is 10.6. The molecule has 0 bridgehead atoms. The van der Waals surface area contributed by atoms with Crippen molar-refractivity contribution in [1.82, 2.24) is 4.90 Å². The Bertz CT molecular complexity index is 370. The molecule has 0 radical (unpaired) electrons. The molecule has 0 aliphatic rings. The molecule has 2 nitrogen and oxygen atoms in total. The summed E-state index contributed by atoms with van der Waals surface area (Å²) in [4.78, 5) is 2.29. The topological polar surface area (TPSA) is 29.3 Å². The van der Waals surface area contributed by atoms with Crippen LogP contribution in [0, 0.1) is 0 Å². The van der Waals surface area contributed by atoms with Crippen molar-refractivity contribution in [3.8, 4) is 0 Å². The summed E-state index contributed by atoms with van der Waals surface area (Å²) in [5.41, 5.74) is 6.99. The maximum atomic E-state index is 6.28. The lowest BCUT2D eigenvalue weighted by Crippen LogP contribution is -2.36. The number of benzene rings is 1. The van der Waals surface area contributed by atoms with Gasteiger partial charge in [0, 0.05) is 28.1 Å². The van der Waals surface area contributed by atoms with Crippen LogP contribution >= 0.6 is 27.5 Å². The van der Waals surface area contributed by atoms with Crippen molar-refractivity contribution < 1.29 is 0 Å². The van der Waals surface area contributed by atoms with E-state index in [0.717, 1.165) is 21.5 Å². The summed E-state index contributed by atoms with van der Waals surface area (Å²) in [5, 5.41) is 0.768. The SMILES string of the molecule is CCC(C)N(C)C(CN)c1ccc(Br)cc1Cl. The van der Waals surface area contributed by atoms with Crippen LogP contribution in [-0.4, -0.2) is 24.5 Å². The summed E-state index contributed by atoms with van der Waals surface area (Å²) in [7, 11) is 2.10. The van der Waals surface area contributed by atoms with Gasteiger partial charge in [0.25, 0.3) is 0 Å². The van der Waals surface area contributed by atoms with Crippen LogP contribution in [0.1, 0.15) is 31.9 Å². The Kier molecular flexibility index (Phi) is 5.93. The quantitative estimate of drug-likeness (QED) is 0.893. The van der Waals surface area contributed by atoms with E-state index in [9.17, 15) is 0 Å². The Hall–Kier alpha value is -0.0900. The predicted molar refractivity (Wildman–Crippen MR) is 78.5 cm³/mol. The van der Waals surface area contributed by atoms with E-state index in [4.69, 9.17) is 17.3 Å². The maximum absolute atomic E-state index is 6.28. The van der Waals surface area contributed by atoms with Crippen molar-refractivity contribution in [2.45, 2.75) is 32.4 Å². The van der Waals surface area contributed by atoms with Crippen LogP contribution in [-0.2, 0) is 0 Å². The summed E-state index contributed by atoms with van der Waals surface area (Å²) in [5.74, 6) is 0. The minimum atomic E-state index is 0.172. The first-order valence-corrected chi connectivity index (χ1v) is 7.05. The van der Waals surface area contributed by atoms with Crippen molar-refractivity contribution in [1.29, 1.82) is 0 Å². The van der Waals surface area contributed by atoms with Crippen LogP contribution in [0.5, 0.6) is 0 Å². The molecule has 0 aromatic heterocycles. The molecule has 1 aromatic carbocycles. The summed E-state index contributed by atoms with van der Waals surface area (Å²) >= 11 is 9.70. The third-order valence-electron chi connectivity index (χ3n) is 3.32. The van der Waals surface area contributed by atoms with Gasteiger partial charge in [-0.2, -0.15) is 0 Å². The molecule has 0 fully saturated rings. The van der Waals surface area contributed by atoms with E-state index in [2.05, 4.69) is 41.7 Å². The molecule has 0 heterocycles. The number of nitrogens with zero attached hydrogens (tertiary/aromatic N) is 1. The average Bonchev–Trinajstić information content (AvgIpc) is 2.31. The fourth-order valence-electron chi connectivity index (χ4n) is 1.88. The molecule has 0 saturated carbocycles. The van der Waals surface area contributed by atoms with Gasteiger partial charge in [-0.25, -0.2) is 0 Å². The molecule has 2 unspecified atom stereocenters. The lowest BCUT2D eigenvalue weighted by Gasteiger charge is -2.32. The molecule has 1 aromatic rings. The number of halogens is 2. The first-order chi connectivity index (χ1) is 8.01. The Balaban J connectivity index is 3.01. The molecule has 4 heteroatoms. The number of rotatable bonds is 5. The molecule has 0 aliphatic carbocycles. The fourth-order valence-corrected chi connectivity index (χ4v) is 2.68. The van der Waals surface area contributed by atoms with E-state index < -0.39 is 0 Å². The van der Waals surface area contributed by atoms with Crippen LogP contribution < -0.4 is 5.73 Å². The predicted octanol–water partition coefficient (Wildman–Crippen LogP) is 3.83. The average molecular weight is 320 g/mol. The van der Waals surface area contributed by atoms with E-state index in [1.54, 1.807) is 0 Å². The van der Waals surface area contributed by atoms with E-state index in [-0.39, 0.29) is 6.04 Å². The van der Waals surface area contributed by atoms with Crippen molar-refractivity contribution in [2.75, 3.05) is 13.6 Å². The molecule has 96 valence electrons. The van der Waals surface area contributed by atoms with Crippen LogP contribution in [0.4, 0.5) is 0 Å². The van der Waals surface area contributed by atoms with Gasteiger partial charge in [-0.05, 0) is 38.1 Å². The van der Waals surface area contributed by atoms with Crippen LogP contribution in [0.25, 0.3) is 0 Å². The van der Waals surface area contributed by atoms with Gasteiger partial charge in [0.1, 0.15) is 0 Å². The van der Waals surface area contributed by atoms with Gasteiger partial charge in [0.15, 0.2) is 0 Å². The highest BCUT2D eigenvalue weighted by atomic mass is 79.9. The second kappa shape index (κ2) is 6.74. The zero-order valence-corrected chi connectivity index (χ0v) is 12.9.